The third kappa shape index (κ3) is 4.01. The van der Waals surface area contributed by atoms with E-state index in [1.54, 1.807) is 0 Å². The molecule has 1 fully saturated rings. The number of anilines is 1. The molecule has 4 nitrogen and oxygen atoms in total. The highest BCUT2D eigenvalue weighted by atomic mass is 16.2. The van der Waals surface area contributed by atoms with Crippen LogP contribution >= 0.6 is 0 Å². The van der Waals surface area contributed by atoms with Crippen LogP contribution in [-0.4, -0.2) is 35.9 Å². The van der Waals surface area contributed by atoms with E-state index in [1.165, 1.54) is 5.56 Å². The summed E-state index contributed by atoms with van der Waals surface area (Å²) in [6, 6.07) is 8.91. The molecule has 1 saturated carbocycles. The van der Waals surface area contributed by atoms with Crippen LogP contribution in [0.3, 0.4) is 0 Å². The van der Waals surface area contributed by atoms with Gasteiger partial charge in [-0.15, -0.1) is 6.58 Å². The lowest BCUT2D eigenvalue weighted by Crippen LogP contribution is -2.33. The fraction of sp³-hybridized carbons (Fsp3) is 0.429. The van der Waals surface area contributed by atoms with Gasteiger partial charge < -0.3 is 9.80 Å². The predicted octanol–water partition coefficient (Wildman–Crippen LogP) is 4.07. The number of aryl methyl sites for hydroxylation is 1. The first-order valence-electron chi connectivity index (χ1n) is 8.97. The number of amides is 1. The van der Waals surface area contributed by atoms with Crippen LogP contribution in [0.2, 0.25) is 0 Å². The molecule has 0 bridgehead atoms. The molecule has 0 spiro atoms. The lowest BCUT2D eigenvalue weighted by Gasteiger charge is -2.25. The summed E-state index contributed by atoms with van der Waals surface area (Å²) in [6.07, 6.45) is 5.30. The minimum Gasteiger partial charge on any atom is -0.362 e. The summed E-state index contributed by atoms with van der Waals surface area (Å²) in [6.45, 7) is 6.44. The van der Waals surface area contributed by atoms with Gasteiger partial charge in [-0.2, -0.15) is 0 Å². The van der Waals surface area contributed by atoms with Gasteiger partial charge in [-0.05, 0) is 43.9 Å². The molecule has 1 amide bonds. The Labute approximate surface area is 150 Å². The van der Waals surface area contributed by atoms with Gasteiger partial charge in [-0.1, -0.05) is 18.2 Å². The monoisotopic (exact) mass is 337 g/mol. The SMILES string of the molecule is C=CCCC(=O)N(Cc1cc2ccc(C)cc2nc1N(C)C)C1CC1. The molecule has 3 rings (SSSR count). The maximum absolute atomic E-state index is 12.6. The van der Waals surface area contributed by atoms with Crippen molar-refractivity contribution in [2.24, 2.45) is 0 Å². The number of carbonyl (C=O) groups is 1. The summed E-state index contributed by atoms with van der Waals surface area (Å²) < 4.78 is 0. The second-order valence-corrected chi connectivity index (χ2v) is 7.14. The molecule has 132 valence electrons. The number of fused-ring (bicyclic) bond motifs is 1. The number of aromatic nitrogens is 1. The van der Waals surface area contributed by atoms with Crippen molar-refractivity contribution in [2.45, 2.75) is 45.2 Å². The second kappa shape index (κ2) is 7.26. The molecule has 1 aromatic carbocycles. The Morgan fingerprint density at radius 2 is 2.08 bits per heavy atom. The Bertz CT molecular complexity index is 793. The summed E-state index contributed by atoms with van der Waals surface area (Å²) in [4.78, 5) is 21.6. The minimum absolute atomic E-state index is 0.219. The average molecular weight is 337 g/mol. The zero-order valence-electron chi connectivity index (χ0n) is 15.5. The summed E-state index contributed by atoms with van der Waals surface area (Å²) in [5.74, 6) is 1.16. The zero-order chi connectivity index (χ0) is 18.0. The molecule has 1 heterocycles. The summed E-state index contributed by atoms with van der Waals surface area (Å²) in [5.41, 5.74) is 3.32. The number of benzene rings is 1. The molecular formula is C21H27N3O. The van der Waals surface area contributed by atoms with E-state index in [4.69, 9.17) is 4.98 Å². The van der Waals surface area contributed by atoms with Gasteiger partial charge in [0.25, 0.3) is 0 Å². The first kappa shape index (κ1) is 17.5. The Balaban J connectivity index is 1.94. The van der Waals surface area contributed by atoms with Crippen molar-refractivity contribution < 1.29 is 4.79 Å². The topological polar surface area (TPSA) is 36.4 Å². The van der Waals surface area contributed by atoms with Crippen LogP contribution in [0, 0.1) is 6.92 Å². The highest BCUT2D eigenvalue weighted by molar-refractivity contribution is 5.83. The fourth-order valence-electron chi connectivity index (χ4n) is 3.17. The first-order chi connectivity index (χ1) is 12.0. The van der Waals surface area contributed by atoms with Crippen molar-refractivity contribution in [3.05, 3.63) is 48.0 Å². The van der Waals surface area contributed by atoms with Gasteiger partial charge in [0.2, 0.25) is 5.91 Å². The third-order valence-corrected chi connectivity index (χ3v) is 4.66. The molecule has 0 saturated heterocycles. The van der Waals surface area contributed by atoms with Crippen LogP contribution in [0.25, 0.3) is 10.9 Å². The third-order valence-electron chi connectivity index (χ3n) is 4.66. The van der Waals surface area contributed by atoms with Gasteiger partial charge in [0, 0.05) is 44.1 Å². The standard InChI is InChI=1S/C21H27N3O/c1-5-6-7-20(25)24(18-10-11-18)14-17-13-16-9-8-15(2)12-19(16)22-21(17)23(3)4/h5,8-9,12-13,18H,1,6-7,10-11,14H2,2-4H3. The van der Waals surface area contributed by atoms with Gasteiger partial charge in [0.1, 0.15) is 5.82 Å². The number of rotatable bonds is 7. The first-order valence-corrected chi connectivity index (χ1v) is 8.97. The van der Waals surface area contributed by atoms with Gasteiger partial charge in [-0.25, -0.2) is 4.98 Å². The van der Waals surface area contributed by atoms with Crippen LogP contribution in [-0.2, 0) is 11.3 Å². The second-order valence-electron chi connectivity index (χ2n) is 7.14. The van der Waals surface area contributed by atoms with Crippen molar-refractivity contribution >= 4 is 22.6 Å². The molecule has 1 aliphatic carbocycles. The van der Waals surface area contributed by atoms with E-state index in [9.17, 15) is 4.79 Å². The van der Waals surface area contributed by atoms with Gasteiger partial charge in [0.05, 0.1) is 5.52 Å². The number of carbonyl (C=O) groups excluding carboxylic acids is 1. The molecule has 1 aromatic heterocycles. The maximum Gasteiger partial charge on any atom is 0.223 e. The molecular weight excluding hydrogens is 310 g/mol. The molecule has 0 unspecified atom stereocenters. The van der Waals surface area contributed by atoms with E-state index in [0.29, 0.717) is 19.0 Å². The molecule has 1 aliphatic rings. The lowest BCUT2D eigenvalue weighted by atomic mass is 10.1. The summed E-state index contributed by atoms with van der Waals surface area (Å²) in [7, 11) is 4.02. The minimum atomic E-state index is 0.219. The smallest absolute Gasteiger partial charge is 0.223 e. The van der Waals surface area contributed by atoms with Crippen molar-refractivity contribution in [1.29, 1.82) is 0 Å². The molecule has 0 radical (unpaired) electrons. The van der Waals surface area contributed by atoms with Crippen LogP contribution in [0.4, 0.5) is 5.82 Å². The Morgan fingerprint density at radius 3 is 2.72 bits per heavy atom. The Hall–Kier alpha value is -2.36. The molecule has 0 aliphatic heterocycles. The van der Waals surface area contributed by atoms with Gasteiger partial charge in [-0.3, -0.25) is 4.79 Å². The van der Waals surface area contributed by atoms with E-state index in [2.05, 4.69) is 37.8 Å². The number of hydrogen-bond donors (Lipinski definition) is 0. The van der Waals surface area contributed by atoms with Crippen molar-refractivity contribution in [3.63, 3.8) is 0 Å². The molecule has 2 aromatic rings. The van der Waals surface area contributed by atoms with Crippen LogP contribution in [0.15, 0.2) is 36.9 Å². The normalized spacial score (nSPS) is 13.7. The average Bonchev–Trinajstić information content (AvgIpc) is 3.41. The quantitative estimate of drug-likeness (QED) is 0.715. The molecule has 25 heavy (non-hydrogen) atoms. The largest absolute Gasteiger partial charge is 0.362 e. The van der Waals surface area contributed by atoms with Crippen LogP contribution < -0.4 is 4.90 Å². The van der Waals surface area contributed by atoms with Crippen molar-refractivity contribution in [2.75, 3.05) is 19.0 Å². The Kier molecular flexibility index (Phi) is 5.07. The van der Waals surface area contributed by atoms with E-state index in [-0.39, 0.29) is 5.91 Å². The fourth-order valence-corrected chi connectivity index (χ4v) is 3.17. The predicted molar refractivity (Wildman–Crippen MR) is 104 cm³/mol. The van der Waals surface area contributed by atoms with Crippen LogP contribution in [0.1, 0.15) is 36.8 Å². The highest BCUT2D eigenvalue weighted by Gasteiger charge is 2.32. The van der Waals surface area contributed by atoms with E-state index in [0.717, 1.165) is 41.5 Å². The van der Waals surface area contributed by atoms with E-state index < -0.39 is 0 Å². The molecule has 0 atom stereocenters. The van der Waals surface area contributed by atoms with Crippen LogP contribution in [0.5, 0.6) is 0 Å². The molecule has 0 N–H and O–H groups in total. The lowest BCUT2D eigenvalue weighted by molar-refractivity contribution is -0.132. The van der Waals surface area contributed by atoms with E-state index in [1.807, 2.05) is 30.0 Å². The van der Waals surface area contributed by atoms with Gasteiger partial charge in [0.15, 0.2) is 0 Å². The maximum atomic E-state index is 12.6. The zero-order valence-corrected chi connectivity index (χ0v) is 15.5. The summed E-state index contributed by atoms with van der Waals surface area (Å²) in [5, 5.41) is 1.13. The number of hydrogen-bond acceptors (Lipinski definition) is 3. The number of nitrogens with zero attached hydrogens (tertiary/aromatic N) is 3. The van der Waals surface area contributed by atoms with Crippen molar-refractivity contribution in [3.8, 4) is 0 Å². The Morgan fingerprint density at radius 1 is 1.32 bits per heavy atom. The molecule has 4 heteroatoms. The number of pyridine rings is 1. The highest BCUT2D eigenvalue weighted by Crippen LogP contribution is 2.32. The van der Waals surface area contributed by atoms with E-state index >= 15 is 0 Å². The van der Waals surface area contributed by atoms with Gasteiger partial charge >= 0.3 is 0 Å². The summed E-state index contributed by atoms with van der Waals surface area (Å²) >= 11 is 0. The van der Waals surface area contributed by atoms with Crippen molar-refractivity contribution in [1.82, 2.24) is 9.88 Å². The number of allylic oxidation sites excluding steroid dienone is 1.